The minimum absolute atomic E-state index is 0.105. The molecular weight excluding hydrogens is 412 g/mol. The highest BCUT2D eigenvalue weighted by atomic mass is 16.7. The van der Waals surface area contributed by atoms with Crippen LogP contribution in [0.4, 0.5) is 0 Å². The van der Waals surface area contributed by atoms with E-state index in [1.165, 1.54) is 32.1 Å². The zero-order valence-corrected chi connectivity index (χ0v) is 19.3. The smallest absolute Gasteiger partial charge is 0.315 e. The monoisotopic (exact) mass is 446 g/mol. The third-order valence-corrected chi connectivity index (χ3v) is 11.7. The van der Waals surface area contributed by atoms with Crippen LogP contribution in [-0.4, -0.2) is 11.9 Å². The Labute approximate surface area is 195 Å². The summed E-state index contributed by atoms with van der Waals surface area (Å²) in [5, 5.41) is 0. The maximum atomic E-state index is 13.7. The molecule has 8 saturated carbocycles. The van der Waals surface area contributed by atoms with Gasteiger partial charge >= 0.3 is 11.9 Å². The molecule has 174 valence electrons. The Balaban J connectivity index is 1.06. The molecule has 0 N–H and O–H groups in total. The van der Waals surface area contributed by atoms with Crippen molar-refractivity contribution >= 4 is 11.9 Å². The Morgan fingerprint density at radius 1 is 0.697 bits per heavy atom. The van der Waals surface area contributed by atoms with Crippen molar-refractivity contribution in [1.82, 2.24) is 0 Å². The van der Waals surface area contributed by atoms with Crippen molar-refractivity contribution in [3.8, 4) is 0 Å². The van der Waals surface area contributed by atoms with E-state index in [9.17, 15) is 9.59 Å². The summed E-state index contributed by atoms with van der Waals surface area (Å²) in [4.78, 5) is 27.4. The highest BCUT2D eigenvalue weighted by molar-refractivity contribution is 5.80. The number of esters is 2. The van der Waals surface area contributed by atoms with Gasteiger partial charge in [0, 0.05) is 5.56 Å². The lowest BCUT2D eigenvalue weighted by Gasteiger charge is -2.66. The molecule has 4 heteroatoms. The van der Waals surface area contributed by atoms with Crippen LogP contribution in [0.15, 0.2) is 30.3 Å². The normalized spacial score (nSPS) is 50.2. The lowest BCUT2D eigenvalue weighted by Crippen LogP contribution is -2.59. The Hall–Kier alpha value is -1.84. The predicted molar refractivity (Wildman–Crippen MR) is 120 cm³/mol. The summed E-state index contributed by atoms with van der Waals surface area (Å²) in [5.74, 6) is 4.13. The standard InChI is InChI=1S/C29H34O4/c30-25(27-11-17-6-18(12-27)8-19(7-17)13-27)32-24(20-4-2-1-3-5-20)33-26(31)28-14-22-9-21-10-23(15-28)29(21,22)16-28/h1-5,17-19,21-24H,6-16H2. The summed E-state index contributed by atoms with van der Waals surface area (Å²) < 4.78 is 12.4. The van der Waals surface area contributed by atoms with Crippen LogP contribution < -0.4 is 0 Å². The number of fused-ring (bicyclic) bond motifs is 1. The number of carbonyl (C=O) groups is 2. The van der Waals surface area contributed by atoms with Gasteiger partial charge in [0.2, 0.25) is 0 Å². The fourth-order valence-corrected chi connectivity index (χ4v) is 10.9. The zero-order chi connectivity index (χ0) is 22.0. The minimum atomic E-state index is -0.918. The number of carbonyl (C=O) groups excluding carboxylic acids is 2. The number of hydrogen-bond acceptors (Lipinski definition) is 4. The van der Waals surface area contributed by atoms with Gasteiger partial charge in [0.05, 0.1) is 10.8 Å². The van der Waals surface area contributed by atoms with Gasteiger partial charge in [-0.25, -0.2) is 0 Å². The number of rotatable bonds is 5. The van der Waals surface area contributed by atoms with Gasteiger partial charge in [-0.3, -0.25) is 9.59 Å². The van der Waals surface area contributed by atoms with Gasteiger partial charge in [0.15, 0.2) is 0 Å². The van der Waals surface area contributed by atoms with Gasteiger partial charge < -0.3 is 9.47 Å². The topological polar surface area (TPSA) is 52.6 Å². The number of hydrogen-bond donors (Lipinski definition) is 0. The molecular formula is C29H34O4. The van der Waals surface area contributed by atoms with Crippen LogP contribution in [0.2, 0.25) is 0 Å². The second kappa shape index (κ2) is 6.23. The molecule has 0 aliphatic heterocycles. The summed E-state index contributed by atoms with van der Waals surface area (Å²) in [6.07, 6.45) is 11.5. The SMILES string of the molecule is O=C(OC(OC(=O)C12CC3CC4CC(C1)C43C2)c1ccccc1)C12CC3CC(CC(C3)C1)C2. The predicted octanol–water partition coefficient (Wildman–Crippen LogP) is 5.81. The van der Waals surface area contributed by atoms with Crippen LogP contribution >= 0.6 is 0 Å². The van der Waals surface area contributed by atoms with Crippen molar-refractivity contribution in [2.45, 2.75) is 76.9 Å². The van der Waals surface area contributed by atoms with Gasteiger partial charge in [-0.15, -0.1) is 0 Å². The van der Waals surface area contributed by atoms with Gasteiger partial charge in [-0.2, -0.15) is 0 Å². The zero-order valence-electron chi connectivity index (χ0n) is 19.3. The van der Waals surface area contributed by atoms with Crippen molar-refractivity contribution in [3.05, 3.63) is 35.9 Å². The largest absolute Gasteiger partial charge is 0.420 e. The molecule has 0 heterocycles. The molecule has 0 radical (unpaired) electrons. The van der Waals surface area contributed by atoms with Gasteiger partial charge in [-0.1, -0.05) is 30.3 Å². The van der Waals surface area contributed by atoms with E-state index in [0.29, 0.717) is 23.2 Å². The highest BCUT2D eigenvalue weighted by Crippen LogP contribution is 2.84. The molecule has 3 unspecified atom stereocenters. The Morgan fingerprint density at radius 2 is 1.24 bits per heavy atom. The van der Waals surface area contributed by atoms with Crippen LogP contribution in [0.25, 0.3) is 0 Å². The molecule has 33 heavy (non-hydrogen) atoms. The molecule has 1 aromatic rings. The first-order valence-electron chi connectivity index (χ1n) is 13.5. The number of ether oxygens (including phenoxy) is 2. The average Bonchev–Trinajstić information content (AvgIpc) is 3.27. The molecule has 8 aliphatic rings. The third kappa shape index (κ3) is 2.43. The fourth-order valence-electron chi connectivity index (χ4n) is 10.9. The van der Waals surface area contributed by atoms with E-state index >= 15 is 0 Å². The average molecular weight is 447 g/mol. The van der Waals surface area contributed by atoms with Crippen LogP contribution in [0.1, 0.15) is 82.5 Å². The molecule has 1 aromatic carbocycles. The molecule has 4 nitrogen and oxygen atoms in total. The van der Waals surface area contributed by atoms with Crippen molar-refractivity contribution in [2.75, 3.05) is 0 Å². The summed E-state index contributed by atoms with van der Waals surface area (Å²) in [5.41, 5.74) is 0.563. The van der Waals surface area contributed by atoms with E-state index < -0.39 is 6.29 Å². The second-order valence-corrected chi connectivity index (χ2v) is 13.3. The fraction of sp³-hybridized carbons (Fsp3) is 0.724. The molecule has 6 bridgehead atoms. The summed E-state index contributed by atoms with van der Waals surface area (Å²) >= 11 is 0. The molecule has 8 fully saturated rings. The third-order valence-electron chi connectivity index (χ3n) is 11.7. The molecule has 1 spiro atoms. The molecule has 0 saturated heterocycles. The Morgan fingerprint density at radius 3 is 1.76 bits per heavy atom. The van der Waals surface area contributed by atoms with Crippen molar-refractivity contribution < 1.29 is 19.1 Å². The van der Waals surface area contributed by atoms with E-state index in [-0.39, 0.29) is 22.8 Å². The first-order chi connectivity index (χ1) is 16.0. The molecule has 9 rings (SSSR count). The van der Waals surface area contributed by atoms with Gasteiger partial charge in [-0.05, 0) is 112 Å². The lowest BCUT2D eigenvalue weighted by atomic mass is 9.38. The Kier molecular flexibility index (Phi) is 3.67. The highest BCUT2D eigenvalue weighted by Gasteiger charge is 2.79. The summed E-state index contributed by atoms with van der Waals surface area (Å²) in [6.45, 7) is 0. The molecule has 3 atom stereocenters. The van der Waals surface area contributed by atoms with Crippen LogP contribution in [0, 0.1) is 51.8 Å². The maximum Gasteiger partial charge on any atom is 0.315 e. The minimum Gasteiger partial charge on any atom is -0.420 e. The molecule has 0 amide bonds. The van der Waals surface area contributed by atoms with Gasteiger partial charge in [0.1, 0.15) is 0 Å². The number of benzene rings is 1. The first-order valence-corrected chi connectivity index (χ1v) is 13.5. The molecule has 8 aliphatic carbocycles. The van der Waals surface area contributed by atoms with E-state index in [1.807, 2.05) is 30.3 Å². The second-order valence-electron chi connectivity index (χ2n) is 13.3. The summed E-state index contributed by atoms with van der Waals surface area (Å²) in [6, 6.07) is 9.66. The summed E-state index contributed by atoms with van der Waals surface area (Å²) in [7, 11) is 0. The molecule has 0 aromatic heterocycles. The lowest BCUT2D eigenvalue weighted by molar-refractivity contribution is -0.213. The van der Waals surface area contributed by atoms with E-state index in [0.717, 1.165) is 61.8 Å². The van der Waals surface area contributed by atoms with E-state index in [4.69, 9.17) is 9.47 Å². The van der Waals surface area contributed by atoms with Crippen LogP contribution in [0.5, 0.6) is 0 Å². The van der Waals surface area contributed by atoms with Crippen molar-refractivity contribution in [1.29, 1.82) is 0 Å². The van der Waals surface area contributed by atoms with Crippen molar-refractivity contribution in [2.24, 2.45) is 51.8 Å². The Bertz CT molecular complexity index is 952. The van der Waals surface area contributed by atoms with Gasteiger partial charge in [0.25, 0.3) is 6.29 Å². The van der Waals surface area contributed by atoms with E-state index in [2.05, 4.69) is 0 Å². The van der Waals surface area contributed by atoms with Crippen molar-refractivity contribution in [3.63, 3.8) is 0 Å². The quantitative estimate of drug-likeness (QED) is 0.423. The van der Waals surface area contributed by atoms with Crippen LogP contribution in [-0.2, 0) is 19.1 Å². The first kappa shape index (κ1) is 19.5. The maximum absolute atomic E-state index is 13.7. The van der Waals surface area contributed by atoms with E-state index in [1.54, 1.807) is 0 Å². The van der Waals surface area contributed by atoms with Crippen LogP contribution in [0.3, 0.4) is 0 Å².